The van der Waals surface area contributed by atoms with Gasteiger partial charge in [0.05, 0.1) is 16.1 Å². The van der Waals surface area contributed by atoms with Crippen molar-refractivity contribution < 1.29 is 9.90 Å². The Balaban J connectivity index is 2.23. The average Bonchev–Trinajstić information content (AvgIpc) is 2.83. The molecule has 20 heavy (non-hydrogen) atoms. The first kappa shape index (κ1) is 13.1. The minimum absolute atomic E-state index is 0.129. The maximum atomic E-state index is 11.0. The van der Waals surface area contributed by atoms with Crippen LogP contribution < -0.4 is 0 Å². The lowest BCUT2D eigenvalue weighted by Gasteiger charge is -1.98. The van der Waals surface area contributed by atoms with E-state index in [-0.39, 0.29) is 5.56 Å². The zero-order valence-electron chi connectivity index (χ0n) is 10.0. The molecule has 1 heterocycles. The number of H-pyrrole nitrogens is 1. The largest absolute Gasteiger partial charge is 0.478 e. The number of imidazole rings is 1. The number of hydrogen-bond donors (Lipinski definition) is 2. The van der Waals surface area contributed by atoms with E-state index in [1.165, 1.54) is 12.1 Å². The van der Waals surface area contributed by atoms with Crippen molar-refractivity contribution in [2.45, 2.75) is 0 Å². The van der Waals surface area contributed by atoms with Crippen LogP contribution in [0.25, 0.3) is 22.4 Å². The topological polar surface area (TPSA) is 66.0 Å². The van der Waals surface area contributed by atoms with Crippen LogP contribution in [0, 0.1) is 0 Å². The van der Waals surface area contributed by atoms with Gasteiger partial charge in [-0.15, -0.1) is 0 Å². The summed E-state index contributed by atoms with van der Waals surface area (Å²) in [4.78, 5) is 18.6. The van der Waals surface area contributed by atoms with E-state index in [0.717, 1.165) is 10.0 Å². The SMILES string of the molecule is O=C(O)c1cc(Cl)c2nc(-c3ccccc3Br)[nH]c2c1. The van der Waals surface area contributed by atoms with E-state index in [1.807, 2.05) is 24.3 Å². The Hall–Kier alpha value is -1.85. The standard InChI is InChI=1S/C14H8BrClN2O2/c15-9-4-2-1-3-8(9)13-17-11-6-7(14(19)20)5-10(16)12(11)18-13/h1-6H,(H,17,18)(H,19,20). The van der Waals surface area contributed by atoms with Gasteiger partial charge in [0, 0.05) is 10.0 Å². The predicted octanol–water partition coefficient (Wildman–Crippen LogP) is 4.34. The van der Waals surface area contributed by atoms with Crippen molar-refractivity contribution >= 4 is 44.5 Å². The monoisotopic (exact) mass is 350 g/mol. The van der Waals surface area contributed by atoms with E-state index < -0.39 is 5.97 Å². The van der Waals surface area contributed by atoms with Gasteiger partial charge in [0.2, 0.25) is 0 Å². The third kappa shape index (κ3) is 2.19. The number of hydrogen-bond acceptors (Lipinski definition) is 2. The molecule has 0 amide bonds. The molecule has 0 atom stereocenters. The van der Waals surface area contributed by atoms with Gasteiger partial charge in [-0.3, -0.25) is 0 Å². The summed E-state index contributed by atoms with van der Waals surface area (Å²) >= 11 is 9.55. The predicted molar refractivity (Wildman–Crippen MR) is 81.2 cm³/mol. The molecule has 2 aromatic carbocycles. The number of benzene rings is 2. The average molecular weight is 352 g/mol. The minimum atomic E-state index is -1.02. The summed E-state index contributed by atoms with van der Waals surface area (Å²) < 4.78 is 0.897. The van der Waals surface area contributed by atoms with Crippen molar-refractivity contribution in [3.05, 3.63) is 51.5 Å². The highest BCUT2D eigenvalue weighted by molar-refractivity contribution is 9.10. The first-order valence-electron chi connectivity index (χ1n) is 5.73. The van der Waals surface area contributed by atoms with Crippen molar-refractivity contribution in [1.29, 1.82) is 0 Å². The fourth-order valence-corrected chi connectivity index (χ4v) is 2.71. The van der Waals surface area contributed by atoms with Gasteiger partial charge < -0.3 is 10.1 Å². The number of rotatable bonds is 2. The Morgan fingerprint density at radius 2 is 2.05 bits per heavy atom. The maximum absolute atomic E-state index is 11.0. The van der Waals surface area contributed by atoms with E-state index in [1.54, 1.807) is 0 Å². The molecule has 100 valence electrons. The molecule has 0 radical (unpaired) electrons. The van der Waals surface area contributed by atoms with Crippen LogP contribution in [-0.4, -0.2) is 21.0 Å². The molecule has 0 bridgehead atoms. The third-order valence-electron chi connectivity index (χ3n) is 2.92. The first-order chi connectivity index (χ1) is 9.56. The lowest BCUT2D eigenvalue weighted by Crippen LogP contribution is -1.95. The Kier molecular flexibility index (Phi) is 3.23. The zero-order chi connectivity index (χ0) is 14.3. The van der Waals surface area contributed by atoms with Crippen molar-refractivity contribution in [1.82, 2.24) is 9.97 Å². The normalized spacial score (nSPS) is 10.9. The molecular weight excluding hydrogens is 344 g/mol. The van der Waals surface area contributed by atoms with Gasteiger partial charge >= 0.3 is 5.97 Å². The number of carboxylic acid groups (broad SMARTS) is 1. The molecule has 0 saturated heterocycles. The van der Waals surface area contributed by atoms with Crippen molar-refractivity contribution in [2.75, 3.05) is 0 Å². The second kappa shape index (κ2) is 4.92. The van der Waals surface area contributed by atoms with Crippen molar-refractivity contribution in [3.63, 3.8) is 0 Å². The van der Waals surface area contributed by atoms with E-state index >= 15 is 0 Å². The molecule has 4 nitrogen and oxygen atoms in total. The van der Waals surface area contributed by atoms with Crippen molar-refractivity contribution in [2.24, 2.45) is 0 Å². The lowest BCUT2D eigenvalue weighted by molar-refractivity contribution is 0.0697. The molecule has 0 fully saturated rings. The molecule has 2 N–H and O–H groups in total. The zero-order valence-corrected chi connectivity index (χ0v) is 12.4. The molecular formula is C14H8BrClN2O2. The summed E-state index contributed by atoms with van der Waals surface area (Å²) in [7, 11) is 0. The van der Waals surface area contributed by atoms with Gasteiger partial charge in [-0.1, -0.05) is 45.7 Å². The summed E-state index contributed by atoms with van der Waals surface area (Å²) in [6.07, 6.45) is 0. The van der Waals surface area contributed by atoms with E-state index in [4.69, 9.17) is 16.7 Å². The second-order valence-corrected chi connectivity index (χ2v) is 5.49. The Bertz CT molecular complexity index is 829. The molecule has 1 aromatic heterocycles. The summed E-state index contributed by atoms with van der Waals surface area (Å²) in [6.45, 7) is 0. The van der Waals surface area contributed by atoms with Crippen LogP contribution in [0.3, 0.4) is 0 Å². The van der Waals surface area contributed by atoms with Crippen LogP contribution in [0.5, 0.6) is 0 Å². The summed E-state index contributed by atoms with van der Waals surface area (Å²) in [5, 5.41) is 9.35. The Morgan fingerprint density at radius 1 is 1.30 bits per heavy atom. The highest BCUT2D eigenvalue weighted by Crippen LogP contribution is 2.30. The van der Waals surface area contributed by atoms with Gasteiger partial charge in [0.25, 0.3) is 0 Å². The number of nitrogens with one attached hydrogen (secondary N) is 1. The number of aromatic carboxylic acids is 1. The molecule has 3 aromatic rings. The van der Waals surface area contributed by atoms with Crippen LogP contribution in [0.4, 0.5) is 0 Å². The Labute approximate surface area is 127 Å². The lowest BCUT2D eigenvalue weighted by atomic mass is 10.2. The van der Waals surface area contributed by atoms with Crippen LogP contribution >= 0.6 is 27.5 Å². The van der Waals surface area contributed by atoms with E-state index in [0.29, 0.717) is 21.9 Å². The van der Waals surface area contributed by atoms with Crippen LogP contribution in [0.15, 0.2) is 40.9 Å². The molecule has 0 unspecified atom stereocenters. The second-order valence-electron chi connectivity index (χ2n) is 4.22. The van der Waals surface area contributed by atoms with Gasteiger partial charge in [-0.25, -0.2) is 9.78 Å². The molecule has 6 heteroatoms. The fourth-order valence-electron chi connectivity index (χ4n) is 1.98. The smallest absolute Gasteiger partial charge is 0.335 e. The minimum Gasteiger partial charge on any atom is -0.478 e. The molecule has 0 spiro atoms. The number of aromatic nitrogens is 2. The number of carbonyl (C=O) groups is 1. The van der Waals surface area contributed by atoms with Crippen LogP contribution in [0.1, 0.15) is 10.4 Å². The van der Waals surface area contributed by atoms with Crippen molar-refractivity contribution in [3.8, 4) is 11.4 Å². The highest BCUT2D eigenvalue weighted by atomic mass is 79.9. The summed E-state index contributed by atoms with van der Waals surface area (Å²) in [5.41, 5.74) is 2.17. The summed E-state index contributed by atoms with van der Waals surface area (Å²) in [5.74, 6) is -0.386. The molecule has 0 aliphatic carbocycles. The number of aromatic amines is 1. The molecule has 0 aliphatic heterocycles. The first-order valence-corrected chi connectivity index (χ1v) is 6.91. The molecule has 3 rings (SSSR count). The van der Waals surface area contributed by atoms with Gasteiger partial charge in [0.1, 0.15) is 11.3 Å². The van der Waals surface area contributed by atoms with Gasteiger partial charge in [-0.2, -0.15) is 0 Å². The highest BCUT2D eigenvalue weighted by Gasteiger charge is 2.13. The van der Waals surface area contributed by atoms with Gasteiger partial charge in [0.15, 0.2) is 0 Å². The molecule has 0 aliphatic rings. The summed E-state index contributed by atoms with van der Waals surface area (Å²) in [6, 6.07) is 10.6. The maximum Gasteiger partial charge on any atom is 0.335 e. The quantitative estimate of drug-likeness (QED) is 0.721. The Morgan fingerprint density at radius 3 is 2.75 bits per heavy atom. The molecule has 0 saturated carbocycles. The fraction of sp³-hybridized carbons (Fsp3) is 0. The van der Waals surface area contributed by atoms with E-state index in [2.05, 4.69) is 25.9 Å². The van der Waals surface area contributed by atoms with Crippen LogP contribution in [0.2, 0.25) is 5.02 Å². The number of carboxylic acids is 1. The number of halogens is 2. The van der Waals surface area contributed by atoms with Gasteiger partial charge in [-0.05, 0) is 18.2 Å². The third-order valence-corrected chi connectivity index (χ3v) is 3.90. The van der Waals surface area contributed by atoms with E-state index in [9.17, 15) is 4.79 Å². The number of nitrogens with zero attached hydrogens (tertiary/aromatic N) is 1. The van der Waals surface area contributed by atoms with Crippen LogP contribution in [-0.2, 0) is 0 Å². The number of fused-ring (bicyclic) bond motifs is 1.